The average Bonchev–Trinajstić information content (AvgIpc) is 3.26. The predicted molar refractivity (Wildman–Crippen MR) is 137 cm³/mol. The molecule has 1 aromatic heterocycles. The zero-order valence-electron chi connectivity index (χ0n) is 19.3. The second kappa shape index (κ2) is 9.48. The molecule has 2 heterocycles. The number of ketones is 1. The minimum atomic E-state index is -0.389. The van der Waals surface area contributed by atoms with Crippen LogP contribution in [0.1, 0.15) is 50.2 Å². The summed E-state index contributed by atoms with van der Waals surface area (Å²) >= 11 is 9.11. The van der Waals surface area contributed by atoms with Gasteiger partial charge in [0, 0.05) is 40.8 Å². The summed E-state index contributed by atoms with van der Waals surface area (Å²) in [5, 5.41) is 9.78. The smallest absolute Gasteiger partial charge is 0.234 e. The van der Waals surface area contributed by atoms with Gasteiger partial charge in [0.1, 0.15) is 5.82 Å². The SMILES string of the molecule is CC1(C)CC(=O)C2=C(C1)N(c1nnc(SCc3ccccc3Cl)s1)C(=O)CC2c1ccc(F)cc1. The molecule has 0 spiro atoms. The first-order chi connectivity index (χ1) is 16.7. The van der Waals surface area contributed by atoms with Crippen LogP contribution >= 0.6 is 34.7 Å². The average molecular weight is 528 g/mol. The van der Waals surface area contributed by atoms with Crippen molar-refractivity contribution >= 4 is 51.5 Å². The lowest BCUT2D eigenvalue weighted by atomic mass is 9.69. The van der Waals surface area contributed by atoms with Gasteiger partial charge in [-0.1, -0.05) is 78.9 Å². The van der Waals surface area contributed by atoms with Gasteiger partial charge in [-0.25, -0.2) is 4.39 Å². The highest BCUT2D eigenvalue weighted by atomic mass is 35.5. The zero-order chi connectivity index (χ0) is 24.7. The molecule has 0 saturated heterocycles. The van der Waals surface area contributed by atoms with Crippen molar-refractivity contribution in [3.8, 4) is 0 Å². The summed E-state index contributed by atoms with van der Waals surface area (Å²) in [6, 6.07) is 13.7. The lowest BCUT2D eigenvalue weighted by Crippen LogP contribution is -2.43. The van der Waals surface area contributed by atoms with Crippen molar-refractivity contribution in [2.45, 2.75) is 49.1 Å². The molecular formula is C26H23ClFN3O2S2. The van der Waals surface area contributed by atoms with E-state index in [0.29, 0.717) is 40.0 Å². The number of allylic oxidation sites excluding steroid dienone is 2. The van der Waals surface area contributed by atoms with Gasteiger partial charge in [0.2, 0.25) is 11.0 Å². The van der Waals surface area contributed by atoms with E-state index in [9.17, 15) is 14.0 Å². The molecule has 1 atom stereocenters. The van der Waals surface area contributed by atoms with Gasteiger partial charge in [-0.15, -0.1) is 10.2 Å². The Balaban J connectivity index is 1.49. The highest BCUT2D eigenvalue weighted by molar-refractivity contribution is 8.00. The number of nitrogens with zero attached hydrogens (tertiary/aromatic N) is 3. The molecule has 9 heteroatoms. The zero-order valence-corrected chi connectivity index (χ0v) is 21.6. The fraction of sp³-hybridized carbons (Fsp3) is 0.308. The van der Waals surface area contributed by atoms with E-state index in [0.717, 1.165) is 15.5 Å². The van der Waals surface area contributed by atoms with E-state index in [4.69, 9.17) is 11.6 Å². The monoisotopic (exact) mass is 527 g/mol. The molecule has 1 aliphatic carbocycles. The molecule has 0 saturated carbocycles. The summed E-state index contributed by atoms with van der Waals surface area (Å²) in [5.74, 6) is -0.212. The van der Waals surface area contributed by atoms with Crippen LogP contribution in [0, 0.1) is 11.2 Å². The third-order valence-electron chi connectivity index (χ3n) is 6.31. The van der Waals surface area contributed by atoms with Crippen LogP contribution in [-0.2, 0) is 15.3 Å². The van der Waals surface area contributed by atoms with Gasteiger partial charge < -0.3 is 0 Å². The molecule has 180 valence electrons. The van der Waals surface area contributed by atoms with E-state index in [-0.39, 0.29) is 35.3 Å². The Morgan fingerprint density at radius 3 is 2.60 bits per heavy atom. The largest absolute Gasteiger partial charge is 0.294 e. The molecule has 1 amide bonds. The molecule has 3 aromatic rings. The van der Waals surface area contributed by atoms with Crippen molar-refractivity contribution in [1.82, 2.24) is 10.2 Å². The molecule has 35 heavy (non-hydrogen) atoms. The van der Waals surface area contributed by atoms with Gasteiger partial charge in [-0.2, -0.15) is 0 Å². The van der Waals surface area contributed by atoms with Crippen molar-refractivity contribution in [3.63, 3.8) is 0 Å². The van der Waals surface area contributed by atoms with Gasteiger partial charge in [-0.3, -0.25) is 14.5 Å². The third-order valence-corrected chi connectivity index (χ3v) is 8.77. The lowest BCUT2D eigenvalue weighted by Gasteiger charge is -2.41. The standard InChI is InChI=1S/C26H23ClFN3O2S2/c1-26(2)12-20-23(21(32)13-26)18(15-7-9-17(28)10-8-15)11-22(33)31(20)24-29-30-25(35-24)34-14-16-5-3-4-6-19(16)27/h3-10,18H,11-14H2,1-2H3. The minimum absolute atomic E-state index is 0.0286. The Hall–Kier alpha value is -2.55. The summed E-state index contributed by atoms with van der Waals surface area (Å²) in [5.41, 5.74) is 2.81. The topological polar surface area (TPSA) is 63.2 Å². The highest BCUT2D eigenvalue weighted by Gasteiger charge is 2.45. The molecule has 0 fully saturated rings. The van der Waals surface area contributed by atoms with Crippen LogP contribution in [0.2, 0.25) is 5.02 Å². The number of amides is 1. The van der Waals surface area contributed by atoms with Crippen LogP contribution in [0.15, 0.2) is 64.1 Å². The van der Waals surface area contributed by atoms with E-state index in [1.807, 2.05) is 38.1 Å². The first-order valence-electron chi connectivity index (χ1n) is 11.3. The van der Waals surface area contributed by atoms with Gasteiger partial charge in [-0.05, 0) is 41.2 Å². The quantitative estimate of drug-likeness (QED) is 0.270. The van der Waals surface area contributed by atoms with Gasteiger partial charge in [0.15, 0.2) is 10.1 Å². The highest BCUT2D eigenvalue weighted by Crippen LogP contribution is 2.48. The molecule has 2 aliphatic rings. The van der Waals surface area contributed by atoms with E-state index < -0.39 is 0 Å². The fourth-order valence-corrected chi connectivity index (χ4v) is 6.89. The second-order valence-electron chi connectivity index (χ2n) is 9.57. The Labute approximate surface area is 216 Å². The Kier molecular flexibility index (Phi) is 6.55. The van der Waals surface area contributed by atoms with Crippen molar-refractivity contribution in [2.75, 3.05) is 4.90 Å². The molecule has 1 aliphatic heterocycles. The number of hydrogen-bond donors (Lipinski definition) is 0. The number of aromatic nitrogens is 2. The van der Waals surface area contributed by atoms with E-state index in [1.165, 1.54) is 35.2 Å². The number of benzene rings is 2. The molecule has 5 nitrogen and oxygen atoms in total. The predicted octanol–water partition coefficient (Wildman–Crippen LogP) is 6.79. The summed E-state index contributed by atoms with van der Waals surface area (Å²) in [6.45, 7) is 4.06. The molecule has 0 N–H and O–H groups in total. The number of carbonyl (C=O) groups is 2. The van der Waals surface area contributed by atoms with Crippen LogP contribution in [-0.4, -0.2) is 21.9 Å². The van der Waals surface area contributed by atoms with E-state index in [1.54, 1.807) is 17.0 Å². The number of halogens is 2. The maximum Gasteiger partial charge on any atom is 0.234 e. The van der Waals surface area contributed by atoms with Crippen molar-refractivity contribution in [2.24, 2.45) is 5.41 Å². The number of hydrogen-bond acceptors (Lipinski definition) is 6. The molecule has 0 bridgehead atoms. The summed E-state index contributed by atoms with van der Waals surface area (Å²) in [6.07, 6.45) is 1.10. The van der Waals surface area contributed by atoms with E-state index >= 15 is 0 Å². The number of rotatable bonds is 5. The molecule has 2 aromatic carbocycles. The normalized spacial score (nSPS) is 19.8. The number of thioether (sulfide) groups is 1. The van der Waals surface area contributed by atoms with Crippen LogP contribution < -0.4 is 4.90 Å². The maximum atomic E-state index is 13.5. The number of Topliss-reactive ketones (excluding diaryl/α,β-unsaturated/α-hetero) is 1. The van der Waals surface area contributed by atoms with Crippen LogP contribution in [0.3, 0.4) is 0 Å². The molecular weight excluding hydrogens is 505 g/mol. The maximum absolute atomic E-state index is 13.5. The summed E-state index contributed by atoms with van der Waals surface area (Å²) in [7, 11) is 0. The summed E-state index contributed by atoms with van der Waals surface area (Å²) < 4.78 is 14.3. The first kappa shape index (κ1) is 24.2. The molecule has 5 rings (SSSR count). The number of carbonyl (C=O) groups excluding carboxylic acids is 2. The third kappa shape index (κ3) is 4.92. The van der Waals surface area contributed by atoms with Crippen LogP contribution in [0.25, 0.3) is 0 Å². The number of anilines is 1. The van der Waals surface area contributed by atoms with Gasteiger partial charge >= 0.3 is 0 Å². The van der Waals surface area contributed by atoms with Crippen molar-refractivity contribution in [1.29, 1.82) is 0 Å². The summed E-state index contributed by atoms with van der Waals surface area (Å²) in [4.78, 5) is 28.4. The van der Waals surface area contributed by atoms with Crippen molar-refractivity contribution < 1.29 is 14.0 Å². The second-order valence-corrected chi connectivity index (χ2v) is 12.2. The minimum Gasteiger partial charge on any atom is -0.294 e. The van der Waals surface area contributed by atoms with Crippen molar-refractivity contribution in [3.05, 3.63) is 81.8 Å². The van der Waals surface area contributed by atoms with Gasteiger partial charge in [0.05, 0.1) is 0 Å². The Bertz CT molecular complexity index is 1340. The Morgan fingerprint density at radius 1 is 1.11 bits per heavy atom. The Morgan fingerprint density at radius 2 is 1.86 bits per heavy atom. The molecule has 0 radical (unpaired) electrons. The van der Waals surface area contributed by atoms with Gasteiger partial charge in [0.25, 0.3) is 0 Å². The van der Waals surface area contributed by atoms with E-state index in [2.05, 4.69) is 10.2 Å². The molecule has 1 unspecified atom stereocenters. The first-order valence-corrected chi connectivity index (χ1v) is 13.4. The fourth-order valence-electron chi connectivity index (χ4n) is 4.72. The van der Waals surface area contributed by atoms with Crippen LogP contribution in [0.5, 0.6) is 0 Å². The van der Waals surface area contributed by atoms with Crippen LogP contribution in [0.4, 0.5) is 9.52 Å². The lowest BCUT2D eigenvalue weighted by molar-refractivity contribution is -0.121.